The fourth-order valence-electron chi connectivity index (χ4n) is 3.10. The molecule has 1 fully saturated rings. The number of anilines is 2. The summed E-state index contributed by atoms with van der Waals surface area (Å²) >= 11 is 0. The molecule has 1 atom stereocenters. The van der Waals surface area contributed by atoms with Crippen LogP contribution in [0.1, 0.15) is 22.3 Å². The summed E-state index contributed by atoms with van der Waals surface area (Å²) in [6.45, 7) is 1.41. The molecule has 0 aliphatic carbocycles. The average molecular weight is 348 g/mol. The fourth-order valence-corrected chi connectivity index (χ4v) is 3.10. The lowest BCUT2D eigenvalue weighted by atomic mass is 10.2. The van der Waals surface area contributed by atoms with E-state index in [1.54, 1.807) is 30.7 Å². The molecule has 3 N–H and O–H groups in total. The molecule has 0 aromatic carbocycles. The molecule has 3 aromatic heterocycles. The monoisotopic (exact) mass is 348 g/mol. The smallest absolute Gasteiger partial charge is 0.259 e. The van der Waals surface area contributed by atoms with Gasteiger partial charge in [0.2, 0.25) is 0 Å². The number of fused-ring (bicyclic) bond motifs is 1. The van der Waals surface area contributed by atoms with Crippen LogP contribution in [0.4, 0.5) is 11.6 Å². The number of amides is 1. The maximum Gasteiger partial charge on any atom is 0.259 e. The molecule has 4 heterocycles. The molecule has 26 heavy (non-hydrogen) atoms. The summed E-state index contributed by atoms with van der Waals surface area (Å²) < 4.78 is 1.49. The summed E-state index contributed by atoms with van der Waals surface area (Å²) in [5, 5.41) is 16.0. The lowest BCUT2D eigenvalue weighted by Crippen LogP contribution is -2.37. The van der Waals surface area contributed by atoms with Crippen molar-refractivity contribution in [2.24, 2.45) is 0 Å². The lowest BCUT2D eigenvalue weighted by Gasteiger charge is -2.17. The van der Waals surface area contributed by atoms with Crippen molar-refractivity contribution >= 4 is 23.2 Å². The van der Waals surface area contributed by atoms with Gasteiger partial charge in [-0.15, -0.1) is 5.10 Å². The number of carbonyl (C=O) groups is 1. The van der Waals surface area contributed by atoms with E-state index in [9.17, 15) is 4.79 Å². The van der Waals surface area contributed by atoms with Gasteiger partial charge >= 0.3 is 0 Å². The molecule has 9 heteroatoms. The number of nitrogens with one attached hydrogen (secondary N) is 1. The Morgan fingerprint density at radius 2 is 2.27 bits per heavy atom. The van der Waals surface area contributed by atoms with E-state index in [1.165, 1.54) is 4.52 Å². The van der Waals surface area contributed by atoms with E-state index < -0.39 is 0 Å². The van der Waals surface area contributed by atoms with Crippen LogP contribution in [0.2, 0.25) is 0 Å². The standard InChI is InChI=1S/C17H16N8O/c18-8-11-2-3-13(21-9-11)24-7-4-12(10-24)22-17(26)14-15(19)23-25-6-1-5-20-16(14)25/h1-3,5-6,9,12H,4,7,10H2,(H2,19,23)(H,22,26). The van der Waals surface area contributed by atoms with Gasteiger partial charge in [-0.25, -0.2) is 14.5 Å². The zero-order valence-corrected chi connectivity index (χ0v) is 13.8. The number of carbonyl (C=O) groups excluding carboxylic acids is 1. The molecule has 0 radical (unpaired) electrons. The van der Waals surface area contributed by atoms with Crippen molar-refractivity contribution in [3.05, 3.63) is 47.9 Å². The Morgan fingerprint density at radius 3 is 3.04 bits per heavy atom. The minimum Gasteiger partial charge on any atom is -0.381 e. The molecule has 130 valence electrons. The third-order valence-electron chi connectivity index (χ3n) is 4.37. The Morgan fingerprint density at radius 1 is 1.38 bits per heavy atom. The van der Waals surface area contributed by atoms with Gasteiger partial charge in [-0.05, 0) is 24.6 Å². The molecule has 1 saturated heterocycles. The van der Waals surface area contributed by atoms with Crippen molar-refractivity contribution in [1.29, 1.82) is 5.26 Å². The molecular weight excluding hydrogens is 332 g/mol. The van der Waals surface area contributed by atoms with Crippen LogP contribution in [-0.4, -0.2) is 44.6 Å². The molecule has 0 spiro atoms. The van der Waals surface area contributed by atoms with Crippen molar-refractivity contribution in [3.63, 3.8) is 0 Å². The number of hydrogen-bond donors (Lipinski definition) is 2. The predicted octanol–water partition coefficient (Wildman–Crippen LogP) is 0.587. The molecule has 4 rings (SSSR count). The van der Waals surface area contributed by atoms with E-state index in [0.29, 0.717) is 23.3 Å². The molecule has 1 amide bonds. The number of nitrogens with two attached hydrogens (primary N) is 1. The van der Waals surface area contributed by atoms with Gasteiger partial charge in [0.05, 0.1) is 5.56 Å². The van der Waals surface area contributed by atoms with Gasteiger partial charge in [-0.2, -0.15) is 5.26 Å². The number of aromatic nitrogens is 4. The first-order valence-corrected chi connectivity index (χ1v) is 8.16. The zero-order chi connectivity index (χ0) is 18.1. The van der Waals surface area contributed by atoms with Gasteiger partial charge in [-0.1, -0.05) is 0 Å². The van der Waals surface area contributed by atoms with E-state index in [2.05, 4.69) is 31.4 Å². The maximum atomic E-state index is 12.7. The van der Waals surface area contributed by atoms with Crippen molar-refractivity contribution in [3.8, 4) is 6.07 Å². The quantitative estimate of drug-likeness (QED) is 0.709. The second kappa shape index (κ2) is 6.33. The third kappa shape index (κ3) is 2.77. The van der Waals surface area contributed by atoms with E-state index >= 15 is 0 Å². The molecule has 9 nitrogen and oxygen atoms in total. The van der Waals surface area contributed by atoms with Gasteiger partial charge in [0, 0.05) is 37.7 Å². The second-order valence-corrected chi connectivity index (χ2v) is 6.07. The number of nitrogens with zero attached hydrogens (tertiary/aromatic N) is 6. The topological polar surface area (TPSA) is 125 Å². The Balaban J connectivity index is 1.47. The molecule has 0 saturated carbocycles. The summed E-state index contributed by atoms with van der Waals surface area (Å²) in [6.07, 6.45) is 5.64. The van der Waals surface area contributed by atoms with Crippen LogP contribution in [0, 0.1) is 11.3 Å². The largest absolute Gasteiger partial charge is 0.381 e. The van der Waals surface area contributed by atoms with Crippen molar-refractivity contribution in [1.82, 2.24) is 24.9 Å². The van der Waals surface area contributed by atoms with E-state index in [1.807, 2.05) is 6.07 Å². The molecule has 1 aliphatic heterocycles. The van der Waals surface area contributed by atoms with E-state index in [0.717, 1.165) is 18.8 Å². The van der Waals surface area contributed by atoms with Crippen LogP contribution in [0.5, 0.6) is 0 Å². The van der Waals surface area contributed by atoms with Crippen LogP contribution in [0.15, 0.2) is 36.8 Å². The Kier molecular flexibility index (Phi) is 3.85. The predicted molar refractivity (Wildman–Crippen MR) is 94.4 cm³/mol. The summed E-state index contributed by atoms with van der Waals surface area (Å²) in [7, 11) is 0. The zero-order valence-electron chi connectivity index (χ0n) is 13.8. The Labute approximate surface area is 149 Å². The Bertz CT molecular complexity index is 1000. The van der Waals surface area contributed by atoms with E-state index in [-0.39, 0.29) is 17.8 Å². The van der Waals surface area contributed by atoms with E-state index in [4.69, 9.17) is 11.0 Å². The van der Waals surface area contributed by atoms with Crippen LogP contribution in [0.25, 0.3) is 5.65 Å². The van der Waals surface area contributed by atoms with Gasteiger partial charge in [0.25, 0.3) is 5.91 Å². The van der Waals surface area contributed by atoms with Crippen molar-refractivity contribution in [2.75, 3.05) is 23.7 Å². The van der Waals surface area contributed by atoms with Crippen LogP contribution < -0.4 is 16.0 Å². The molecule has 0 bridgehead atoms. The average Bonchev–Trinajstić information content (AvgIpc) is 3.25. The highest BCUT2D eigenvalue weighted by Gasteiger charge is 2.27. The van der Waals surface area contributed by atoms with Crippen LogP contribution in [-0.2, 0) is 0 Å². The molecule has 3 aromatic rings. The van der Waals surface area contributed by atoms with Crippen molar-refractivity contribution in [2.45, 2.75) is 12.5 Å². The molecule has 1 aliphatic rings. The lowest BCUT2D eigenvalue weighted by molar-refractivity contribution is 0.0942. The number of rotatable bonds is 3. The van der Waals surface area contributed by atoms with Gasteiger partial charge in [0.1, 0.15) is 17.5 Å². The summed E-state index contributed by atoms with van der Waals surface area (Å²) in [5.74, 6) is 0.665. The third-order valence-corrected chi connectivity index (χ3v) is 4.37. The summed E-state index contributed by atoms with van der Waals surface area (Å²) in [5.41, 5.74) is 7.15. The highest BCUT2D eigenvalue weighted by atomic mass is 16.1. The maximum absolute atomic E-state index is 12.7. The Hall–Kier alpha value is -3.67. The number of hydrogen-bond acceptors (Lipinski definition) is 7. The summed E-state index contributed by atoms with van der Waals surface area (Å²) in [6, 6.07) is 7.30. The van der Waals surface area contributed by atoms with Gasteiger partial charge in [0.15, 0.2) is 11.5 Å². The summed E-state index contributed by atoms with van der Waals surface area (Å²) in [4.78, 5) is 23.2. The highest BCUT2D eigenvalue weighted by molar-refractivity contribution is 6.04. The second-order valence-electron chi connectivity index (χ2n) is 6.07. The number of pyridine rings is 1. The fraction of sp³-hybridized carbons (Fsp3) is 0.235. The minimum absolute atomic E-state index is 0.0296. The number of nitriles is 1. The first-order chi connectivity index (χ1) is 12.7. The number of nitrogen functional groups attached to an aromatic ring is 1. The first-order valence-electron chi connectivity index (χ1n) is 8.16. The molecule has 1 unspecified atom stereocenters. The minimum atomic E-state index is -0.282. The normalized spacial score (nSPS) is 16.6. The first kappa shape index (κ1) is 15.8. The molecular formula is C17H16N8O. The van der Waals surface area contributed by atoms with Gasteiger partial charge in [-0.3, -0.25) is 4.79 Å². The van der Waals surface area contributed by atoms with Crippen LogP contribution >= 0.6 is 0 Å². The van der Waals surface area contributed by atoms with Crippen LogP contribution in [0.3, 0.4) is 0 Å². The highest BCUT2D eigenvalue weighted by Crippen LogP contribution is 2.20. The SMILES string of the molecule is N#Cc1ccc(N2CCC(NC(=O)c3c(N)nn4cccnc34)C2)nc1. The van der Waals surface area contributed by atoms with Crippen molar-refractivity contribution < 1.29 is 4.79 Å². The van der Waals surface area contributed by atoms with Gasteiger partial charge < -0.3 is 16.0 Å².